The smallest absolute Gasteiger partial charge is 0.0887 e. The molecule has 0 bridgehead atoms. The Morgan fingerprint density at radius 1 is 1.14 bits per heavy atom. The number of rotatable bonds is 3. The lowest BCUT2D eigenvalue weighted by Gasteiger charge is -2.36. The first-order chi connectivity index (χ1) is 10.3. The van der Waals surface area contributed by atoms with Gasteiger partial charge in [0.1, 0.15) is 0 Å². The summed E-state index contributed by atoms with van der Waals surface area (Å²) in [5.74, 6) is 0.555. The van der Waals surface area contributed by atoms with Gasteiger partial charge in [-0.1, -0.05) is 55.5 Å². The molecule has 1 heterocycles. The van der Waals surface area contributed by atoms with Crippen LogP contribution in [0, 0.1) is 17.2 Å². The summed E-state index contributed by atoms with van der Waals surface area (Å²) in [6.07, 6.45) is 1.13. The van der Waals surface area contributed by atoms with Crippen LogP contribution in [0.5, 0.6) is 0 Å². The molecule has 2 aromatic carbocycles. The largest absolute Gasteiger partial charge is 0.369 e. The molecule has 3 rings (SSSR count). The number of fused-ring (bicyclic) bond motifs is 1. The third-order valence-corrected chi connectivity index (χ3v) is 4.19. The van der Waals surface area contributed by atoms with Crippen molar-refractivity contribution in [2.24, 2.45) is 5.92 Å². The summed E-state index contributed by atoms with van der Waals surface area (Å²) in [6, 6.07) is 21.2. The molecule has 0 aliphatic carbocycles. The Hall–Kier alpha value is -2.27. The molecule has 0 saturated heterocycles. The minimum absolute atomic E-state index is 0.0791. The second-order valence-electron chi connectivity index (χ2n) is 5.94. The van der Waals surface area contributed by atoms with Crippen LogP contribution in [0.3, 0.4) is 0 Å². The normalized spacial score (nSPS) is 18.7. The lowest BCUT2D eigenvalue weighted by molar-refractivity contribution is 0.526. The Morgan fingerprint density at radius 2 is 1.86 bits per heavy atom. The van der Waals surface area contributed by atoms with Gasteiger partial charge in [0.15, 0.2) is 0 Å². The van der Waals surface area contributed by atoms with Crippen LogP contribution in [-0.2, 0) is 6.42 Å². The number of hydrogen-bond acceptors (Lipinski definition) is 2. The van der Waals surface area contributed by atoms with Crippen molar-refractivity contribution < 1.29 is 0 Å². The van der Waals surface area contributed by atoms with Crippen LogP contribution in [0.15, 0.2) is 54.6 Å². The van der Waals surface area contributed by atoms with E-state index >= 15 is 0 Å². The summed E-state index contributed by atoms with van der Waals surface area (Å²) >= 11 is 0. The average molecular weight is 276 g/mol. The molecular weight excluding hydrogens is 256 g/mol. The molecule has 1 aliphatic heterocycles. The van der Waals surface area contributed by atoms with Crippen molar-refractivity contribution in [1.29, 1.82) is 5.26 Å². The maximum Gasteiger partial charge on any atom is 0.0887 e. The zero-order valence-corrected chi connectivity index (χ0v) is 12.4. The van der Waals surface area contributed by atoms with Crippen LogP contribution in [0.25, 0.3) is 0 Å². The maximum absolute atomic E-state index is 9.55. The lowest BCUT2D eigenvalue weighted by atomic mass is 9.92. The first kappa shape index (κ1) is 13.7. The van der Waals surface area contributed by atoms with Gasteiger partial charge in [0, 0.05) is 18.8 Å². The van der Waals surface area contributed by atoms with E-state index in [9.17, 15) is 5.26 Å². The molecule has 2 unspecified atom stereocenters. The Balaban J connectivity index is 1.86. The molecule has 0 spiro atoms. The zero-order chi connectivity index (χ0) is 14.7. The number of nitrogens with zero attached hydrogens (tertiary/aromatic N) is 2. The fourth-order valence-corrected chi connectivity index (χ4v) is 3.21. The van der Waals surface area contributed by atoms with Gasteiger partial charge in [0.05, 0.1) is 12.0 Å². The fourth-order valence-electron chi connectivity index (χ4n) is 3.21. The van der Waals surface area contributed by atoms with E-state index in [1.54, 1.807) is 0 Å². The highest BCUT2D eigenvalue weighted by Gasteiger charge is 2.24. The minimum atomic E-state index is -0.0791. The molecular formula is C19H20N2. The Bertz CT molecular complexity index is 642. The van der Waals surface area contributed by atoms with E-state index in [-0.39, 0.29) is 5.92 Å². The summed E-state index contributed by atoms with van der Waals surface area (Å²) in [5, 5.41) is 9.55. The summed E-state index contributed by atoms with van der Waals surface area (Å²) in [5.41, 5.74) is 3.81. The van der Waals surface area contributed by atoms with Gasteiger partial charge in [-0.2, -0.15) is 5.26 Å². The van der Waals surface area contributed by atoms with Gasteiger partial charge in [-0.25, -0.2) is 0 Å². The predicted molar refractivity (Wildman–Crippen MR) is 86.3 cm³/mol. The Kier molecular flexibility index (Phi) is 3.92. The molecule has 2 aromatic rings. The third-order valence-electron chi connectivity index (χ3n) is 4.19. The second kappa shape index (κ2) is 6.01. The zero-order valence-electron chi connectivity index (χ0n) is 12.4. The highest BCUT2D eigenvalue weighted by molar-refractivity contribution is 5.56. The molecule has 0 aromatic heterocycles. The molecule has 106 valence electrons. The number of para-hydroxylation sites is 1. The number of nitriles is 1. The topological polar surface area (TPSA) is 27.0 Å². The van der Waals surface area contributed by atoms with Gasteiger partial charge in [0.25, 0.3) is 0 Å². The summed E-state index contributed by atoms with van der Waals surface area (Å²) in [6.45, 7) is 4.08. The van der Waals surface area contributed by atoms with Crippen molar-refractivity contribution in [3.63, 3.8) is 0 Å². The number of anilines is 1. The number of hydrogen-bond donors (Lipinski definition) is 0. The van der Waals surface area contributed by atoms with E-state index in [2.05, 4.69) is 42.2 Å². The first-order valence-electron chi connectivity index (χ1n) is 7.55. The van der Waals surface area contributed by atoms with Crippen molar-refractivity contribution in [3.05, 3.63) is 65.7 Å². The first-order valence-corrected chi connectivity index (χ1v) is 7.55. The molecule has 0 amide bonds. The third kappa shape index (κ3) is 2.92. The van der Waals surface area contributed by atoms with E-state index in [1.807, 2.05) is 30.3 Å². The Labute approximate surface area is 126 Å². The van der Waals surface area contributed by atoms with Gasteiger partial charge in [0.2, 0.25) is 0 Å². The lowest BCUT2D eigenvalue weighted by Crippen LogP contribution is -2.37. The van der Waals surface area contributed by atoms with E-state index in [0.29, 0.717) is 5.92 Å². The van der Waals surface area contributed by atoms with Crippen LogP contribution in [0.2, 0.25) is 0 Å². The summed E-state index contributed by atoms with van der Waals surface area (Å²) in [4.78, 5) is 2.38. The molecule has 0 N–H and O–H groups in total. The van der Waals surface area contributed by atoms with Gasteiger partial charge in [-0.15, -0.1) is 0 Å². The van der Waals surface area contributed by atoms with Gasteiger partial charge >= 0.3 is 0 Å². The van der Waals surface area contributed by atoms with E-state index in [4.69, 9.17) is 0 Å². The highest BCUT2D eigenvalue weighted by atomic mass is 15.1. The molecule has 21 heavy (non-hydrogen) atoms. The number of benzene rings is 2. The van der Waals surface area contributed by atoms with Gasteiger partial charge < -0.3 is 4.90 Å². The second-order valence-corrected chi connectivity index (χ2v) is 5.94. The maximum atomic E-state index is 9.55. The summed E-state index contributed by atoms with van der Waals surface area (Å²) < 4.78 is 0. The standard InChI is InChI=1S/C19H20N2/c1-15-11-17-9-5-6-10-19(17)21(13-15)14-18(12-20)16-7-3-2-4-8-16/h2-10,15,18H,11,13-14H2,1H3. The molecule has 2 atom stereocenters. The SMILES string of the molecule is CC1Cc2ccccc2N(CC(C#N)c2ccccc2)C1. The molecule has 2 nitrogen and oxygen atoms in total. The summed E-state index contributed by atoms with van der Waals surface area (Å²) in [7, 11) is 0. The van der Waals surface area contributed by atoms with Crippen molar-refractivity contribution in [2.45, 2.75) is 19.3 Å². The van der Waals surface area contributed by atoms with Crippen molar-refractivity contribution in [2.75, 3.05) is 18.0 Å². The van der Waals surface area contributed by atoms with Crippen molar-refractivity contribution >= 4 is 5.69 Å². The Morgan fingerprint density at radius 3 is 2.62 bits per heavy atom. The monoisotopic (exact) mass is 276 g/mol. The van der Waals surface area contributed by atoms with Crippen LogP contribution < -0.4 is 4.90 Å². The van der Waals surface area contributed by atoms with Gasteiger partial charge in [-0.05, 0) is 29.5 Å². The fraction of sp³-hybridized carbons (Fsp3) is 0.316. The van der Waals surface area contributed by atoms with E-state index < -0.39 is 0 Å². The molecule has 0 radical (unpaired) electrons. The van der Waals surface area contributed by atoms with Crippen LogP contribution >= 0.6 is 0 Å². The van der Waals surface area contributed by atoms with E-state index in [1.165, 1.54) is 11.3 Å². The molecule has 1 aliphatic rings. The van der Waals surface area contributed by atoms with Crippen LogP contribution in [-0.4, -0.2) is 13.1 Å². The molecule has 0 saturated carbocycles. The highest BCUT2D eigenvalue weighted by Crippen LogP contribution is 2.31. The van der Waals surface area contributed by atoms with E-state index in [0.717, 1.165) is 25.1 Å². The van der Waals surface area contributed by atoms with Crippen molar-refractivity contribution in [1.82, 2.24) is 0 Å². The van der Waals surface area contributed by atoms with Crippen LogP contribution in [0.4, 0.5) is 5.69 Å². The molecule has 0 fully saturated rings. The average Bonchev–Trinajstić information content (AvgIpc) is 2.53. The van der Waals surface area contributed by atoms with Crippen molar-refractivity contribution in [3.8, 4) is 6.07 Å². The quantitative estimate of drug-likeness (QED) is 0.847. The molecule has 2 heteroatoms. The minimum Gasteiger partial charge on any atom is -0.369 e. The van der Waals surface area contributed by atoms with Crippen LogP contribution in [0.1, 0.15) is 24.0 Å². The predicted octanol–water partition coefficient (Wildman–Crippen LogP) is 3.99. The van der Waals surface area contributed by atoms with Gasteiger partial charge in [-0.3, -0.25) is 0 Å².